The summed E-state index contributed by atoms with van der Waals surface area (Å²) in [7, 11) is -0.682. The van der Waals surface area contributed by atoms with Gasteiger partial charge in [-0.2, -0.15) is 0 Å². The Morgan fingerprint density at radius 1 is 1.18 bits per heavy atom. The summed E-state index contributed by atoms with van der Waals surface area (Å²) in [5.74, 6) is 5.06. The van der Waals surface area contributed by atoms with Crippen molar-refractivity contribution < 1.29 is 45.2 Å². The molecule has 2 unspecified atom stereocenters. The van der Waals surface area contributed by atoms with Crippen molar-refractivity contribution in [1.29, 1.82) is 0 Å². The molecule has 1 N–H and O–H groups in total. The van der Waals surface area contributed by atoms with Gasteiger partial charge < -0.3 is 24.8 Å². The number of halogens is 2. The summed E-state index contributed by atoms with van der Waals surface area (Å²) in [5.41, 5.74) is 4.44. The summed E-state index contributed by atoms with van der Waals surface area (Å²) >= 11 is 2.27. The van der Waals surface area contributed by atoms with E-state index in [1.807, 2.05) is 0 Å². The van der Waals surface area contributed by atoms with Gasteiger partial charge in [0.05, 0.1) is 0 Å². The van der Waals surface area contributed by atoms with Gasteiger partial charge in [0.2, 0.25) is 0 Å². The third-order valence-electron chi connectivity index (χ3n) is 4.13. The molecular weight excluding hydrogens is 368 g/mol. The van der Waals surface area contributed by atoms with Gasteiger partial charge in [-0.15, -0.1) is 0 Å². The molecule has 1 aromatic carbocycles. The molecule has 0 saturated heterocycles. The topological polar surface area (TPSA) is 12.0 Å². The zero-order chi connectivity index (χ0) is 13.5. The first-order valence-electron chi connectivity index (χ1n) is 6.90. The van der Waals surface area contributed by atoms with Crippen molar-refractivity contribution >= 4 is 18.8 Å². The van der Waals surface area contributed by atoms with Crippen molar-refractivity contribution in [1.82, 2.24) is 5.32 Å². The molecule has 2 atom stereocenters. The minimum absolute atomic E-state index is 0. The Labute approximate surface area is 156 Å². The van der Waals surface area contributed by atoms with Crippen molar-refractivity contribution in [2.75, 3.05) is 0 Å². The van der Waals surface area contributed by atoms with Crippen LogP contribution in [0.3, 0.4) is 0 Å². The second kappa shape index (κ2) is 7.43. The molecule has 0 fully saturated rings. The first-order valence-corrected chi connectivity index (χ1v) is 9.33. The predicted molar refractivity (Wildman–Crippen MR) is 84.6 cm³/mol. The van der Waals surface area contributed by atoms with Gasteiger partial charge >= 0.3 is 132 Å². The maximum absolute atomic E-state index is 3.25. The number of fused-ring (bicyclic) bond motifs is 1. The predicted octanol–water partition coefficient (Wildman–Crippen LogP) is -2.06. The van der Waals surface area contributed by atoms with Gasteiger partial charge in [0.25, 0.3) is 0 Å². The van der Waals surface area contributed by atoms with Crippen molar-refractivity contribution in [2.24, 2.45) is 0 Å². The summed E-state index contributed by atoms with van der Waals surface area (Å²) in [5, 5.41) is 4.79. The van der Waals surface area contributed by atoms with Crippen LogP contribution in [0.5, 0.6) is 0 Å². The second-order valence-corrected chi connectivity index (χ2v) is 8.30. The molecule has 111 valence electrons. The first-order chi connectivity index (χ1) is 9.84. The molecule has 1 aromatic rings. The van der Waals surface area contributed by atoms with Gasteiger partial charge in [-0.25, -0.2) is 0 Å². The number of hydrogen-bond donors (Lipinski definition) is 1. The normalized spacial score (nSPS) is 24.2. The molecule has 4 rings (SSSR count). The van der Waals surface area contributed by atoms with Crippen molar-refractivity contribution in [2.45, 2.75) is 12.3 Å². The molecule has 5 heteroatoms. The Morgan fingerprint density at radius 2 is 2.00 bits per heavy atom. The number of rotatable bonds is 2. The van der Waals surface area contributed by atoms with Crippen molar-refractivity contribution in [3.63, 3.8) is 0 Å². The minimum atomic E-state index is -0.682. The summed E-state index contributed by atoms with van der Waals surface area (Å²) in [6.07, 6.45) is 10.3. The zero-order valence-electron chi connectivity index (χ0n) is 11.8. The average molecular weight is 383 g/mol. The van der Waals surface area contributed by atoms with E-state index < -0.39 is 7.55 Å². The van der Waals surface area contributed by atoms with E-state index in [1.165, 1.54) is 25.9 Å². The van der Waals surface area contributed by atoms with Crippen LogP contribution in [-0.2, 0) is 20.4 Å². The Hall–Kier alpha value is -0.426. The van der Waals surface area contributed by atoms with Crippen LogP contribution in [0.4, 0.5) is 0 Å². The molecule has 1 heterocycles. The molecular formula is C17H15Cl2NPTi. The molecule has 0 amide bonds. The fraction of sp³-hybridized carbons (Fsp3) is 0.118. The van der Waals surface area contributed by atoms with Crippen LogP contribution in [0.1, 0.15) is 23.5 Å². The Balaban J connectivity index is 0.000000882. The van der Waals surface area contributed by atoms with E-state index in [-0.39, 0.29) is 24.8 Å². The van der Waals surface area contributed by atoms with Crippen LogP contribution in [0.25, 0.3) is 5.31 Å². The van der Waals surface area contributed by atoms with Gasteiger partial charge in [-0.05, 0) is 0 Å². The molecule has 2 aliphatic carbocycles. The van der Waals surface area contributed by atoms with E-state index >= 15 is 0 Å². The monoisotopic (exact) mass is 382 g/mol. The van der Waals surface area contributed by atoms with E-state index in [0.717, 1.165) is 6.42 Å². The molecule has 3 aliphatic rings. The van der Waals surface area contributed by atoms with E-state index in [1.54, 1.807) is 0 Å². The molecule has 0 aromatic heterocycles. The quantitative estimate of drug-likeness (QED) is 0.458. The van der Waals surface area contributed by atoms with Gasteiger partial charge in [-0.1, -0.05) is 0 Å². The van der Waals surface area contributed by atoms with E-state index in [0.29, 0.717) is 5.92 Å². The zero-order valence-corrected chi connectivity index (χ0v) is 15.9. The number of hydrogen-bond acceptors (Lipinski definition) is 1. The van der Waals surface area contributed by atoms with E-state index in [2.05, 4.69) is 86.2 Å². The molecule has 0 saturated carbocycles. The second-order valence-electron chi connectivity index (χ2n) is 5.29. The standard InChI is InChI=1S/C17H15NP.2ClH.Ti/c1-2-6-13(5-1)16-11-17(19-10-9-18-12-19)15-8-4-3-7-14(15)16;;;/h1,3-5,7-12,16,18-19H,2H2;2*1H;/q;;;+2/p-2. The van der Waals surface area contributed by atoms with Crippen LogP contribution in [0, 0.1) is 0 Å². The van der Waals surface area contributed by atoms with Crippen LogP contribution < -0.4 is 30.1 Å². The van der Waals surface area contributed by atoms with Crippen molar-refractivity contribution in [3.05, 3.63) is 75.1 Å². The third kappa shape index (κ3) is 2.98. The SMILES string of the molecule is [Cl-].[Cl-].[Ti+2][C]1=C(C2C=C([PH]3=CNC=C3)c3ccccc32)C=CC1. The maximum atomic E-state index is 3.25. The van der Waals surface area contributed by atoms with Crippen molar-refractivity contribution in [3.8, 4) is 0 Å². The van der Waals surface area contributed by atoms with Crippen LogP contribution in [-0.4, -0.2) is 5.92 Å². The Bertz CT molecular complexity index is 747. The fourth-order valence-corrected chi connectivity index (χ4v) is 5.61. The molecule has 22 heavy (non-hydrogen) atoms. The molecule has 1 aliphatic heterocycles. The number of benzene rings is 1. The summed E-state index contributed by atoms with van der Waals surface area (Å²) in [6.45, 7) is 0. The Morgan fingerprint density at radius 3 is 2.68 bits per heavy atom. The van der Waals surface area contributed by atoms with E-state index in [4.69, 9.17) is 0 Å². The average Bonchev–Trinajstić information content (AvgIpc) is 3.17. The number of allylic oxidation sites excluding steroid dienone is 5. The summed E-state index contributed by atoms with van der Waals surface area (Å²) in [6, 6.07) is 8.91. The van der Waals surface area contributed by atoms with Crippen LogP contribution in [0.2, 0.25) is 0 Å². The molecule has 0 radical (unpaired) electrons. The first kappa shape index (κ1) is 17.9. The van der Waals surface area contributed by atoms with Crippen LogP contribution in [0.15, 0.2) is 64.0 Å². The molecule has 0 spiro atoms. The van der Waals surface area contributed by atoms with Gasteiger partial charge in [-0.3, -0.25) is 0 Å². The number of nitrogens with one attached hydrogen (secondary N) is 1. The molecule has 0 bridgehead atoms. The fourth-order valence-electron chi connectivity index (χ4n) is 3.17. The van der Waals surface area contributed by atoms with Crippen LogP contribution >= 0.6 is 7.55 Å². The van der Waals surface area contributed by atoms with Gasteiger partial charge in [0.15, 0.2) is 0 Å². The summed E-state index contributed by atoms with van der Waals surface area (Å²) < 4.78 is 1.52. The third-order valence-corrected chi connectivity index (χ3v) is 6.96. The summed E-state index contributed by atoms with van der Waals surface area (Å²) in [4.78, 5) is 0. The Kier molecular flexibility index (Phi) is 6.05. The van der Waals surface area contributed by atoms with Gasteiger partial charge in [0, 0.05) is 0 Å². The molecule has 1 nitrogen and oxygen atoms in total. The van der Waals surface area contributed by atoms with E-state index in [9.17, 15) is 0 Å². The van der Waals surface area contributed by atoms with Gasteiger partial charge in [0.1, 0.15) is 0 Å².